The van der Waals surface area contributed by atoms with Crippen molar-refractivity contribution in [3.63, 3.8) is 0 Å². The molecule has 0 aliphatic heterocycles. The minimum Gasteiger partial charge on any atom is -0.361 e. The van der Waals surface area contributed by atoms with E-state index in [1.807, 2.05) is 36.5 Å². The number of aromatic nitrogens is 1. The lowest BCUT2D eigenvalue weighted by atomic mass is 10.1. The number of fused-ring (bicyclic) bond motifs is 1. The predicted octanol–water partition coefficient (Wildman–Crippen LogP) is 4.99. The Balaban J connectivity index is 1.94. The topological polar surface area (TPSA) is 15.8 Å². The molecule has 0 atom stereocenters. The molecule has 1 heterocycles. The Labute approximate surface area is 111 Å². The Morgan fingerprint density at radius 2 is 1.67 bits per heavy atom. The van der Waals surface area contributed by atoms with E-state index in [4.69, 9.17) is 11.6 Å². The van der Waals surface area contributed by atoms with Crippen molar-refractivity contribution in [1.29, 1.82) is 0 Å². The van der Waals surface area contributed by atoms with Gasteiger partial charge in [-0.05, 0) is 29.3 Å². The third-order valence-electron chi connectivity index (χ3n) is 2.95. The van der Waals surface area contributed by atoms with Crippen molar-refractivity contribution in [3.8, 4) is 0 Å². The summed E-state index contributed by atoms with van der Waals surface area (Å²) >= 11 is 5.86. The molecule has 1 aromatic heterocycles. The van der Waals surface area contributed by atoms with Gasteiger partial charge < -0.3 is 4.98 Å². The molecule has 0 saturated heterocycles. The first kappa shape index (κ1) is 11.1. The first-order valence-electron chi connectivity index (χ1n) is 5.83. The average Bonchev–Trinajstić information content (AvgIpc) is 2.82. The van der Waals surface area contributed by atoms with Gasteiger partial charge in [0.25, 0.3) is 0 Å². The highest BCUT2D eigenvalue weighted by atomic mass is 35.5. The molecule has 3 aromatic rings. The van der Waals surface area contributed by atoms with E-state index in [0.717, 1.165) is 16.1 Å². The molecule has 0 unspecified atom stereocenters. The van der Waals surface area contributed by atoms with Gasteiger partial charge in [0.1, 0.15) is 0 Å². The number of benzene rings is 2. The van der Waals surface area contributed by atoms with Gasteiger partial charge in [-0.2, -0.15) is 0 Å². The van der Waals surface area contributed by atoms with Crippen LogP contribution in [0.25, 0.3) is 23.1 Å². The molecule has 3 rings (SSSR count). The SMILES string of the molecule is Clc1ccc(/C=C/c2c[nH]c3ccccc23)cc1. The zero-order chi connectivity index (χ0) is 12.4. The lowest BCUT2D eigenvalue weighted by molar-refractivity contribution is 1.47. The van der Waals surface area contributed by atoms with Crippen LogP contribution < -0.4 is 0 Å². The zero-order valence-corrected chi connectivity index (χ0v) is 10.5. The fourth-order valence-electron chi connectivity index (χ4n) is 1.99. The molecule has 0 saturated carbocycles. The van der Waals surface area contributed by atoms with Crippen molar-refractivity contribution in [2.45, 2.75) is 0 Å². The van der Waals surface area contributed by atoms with Gasteiger partial charge in [-0.15, -0.1) is 0 Å². The second-order valence-corrected chi connectivity index (χ2v) is 4.61. The van der Waals surface area contributed by atoms with Gasteiger partial charge >= 0.3 is 0 Å². The summed E-state index contributed by atoms with van der Waals surface area (Å²) in [5, 5.41) is 2.00. The number of para-hydroxylation sites is 1. The second-order valence-electron chi connectivity index (χ2n) is 4.17. The van der Waals surface area contributed by atoms with E-state index in [1.165, 1.54) is 10.9 Å². The highest BCUT2D eigenvalue weighted by molar-refractivity contribution is 6.30. The number of rotatable bonds is 2. The van der Waals surface area contributed by atoms with E-state index in [2.05, 4.69) is 35.3 Å². The summed E-state index contributed by atoms with van der Waals surface area (Å²) in [5.41, 5.74) is 3.50. The summed E-state index contributed by atoms with van der Waals surface area (Å²) in [6, 6.07) is 16.1. The summed E-state index contributed by atoms with van der Waals surface area (Å²) in [7, 11) is 0. The maximum atomic E-state index is 5.86. The fourth-order valence-corrected chi connectivity index (χ4v) is 2.12. The van der Waals surface area contributed by atoms with Crippen molar-refractivity contribution in [2.24, 2.45) is 0 Å². The van der Waals surface area contributed by atoms with Crippen LogP contribution in [0, 0.1) is 0 Å². The van der Waals surface area contributed by atoms with Crippen LogP contribution in [0.15, 0.2) is 54.7 Å². The van der Waals surface area contributed by atoms with E-state index in [9.17, 15) is 0 Å². The van der Waals surface area contributed by atoms with Gasteiger partial charge in [0, 0.05) is 22.1 Å². The molecule has 18 heavy (non-hydrogen) atoms. The third-order valence-corrected chi connectivity index (χ3v) is 3.20. The van der Waals surface area contributed by atoms with Crippen LogP contribution >= 0.6 is 11.6 Å². The largest absolute Gasteiger partial charge is 0.361 e. The minimum absolute atomic E-state index is 0.763. The zero-order valence-electron chi connectivity index (χ0n) is 9.73. The summed E-state index contributed by atoms with van der Waals surface area (Å²) in [5.74, 6) is 0. The van der Waals surface area contributed by atoms with Crippen LogP contribution in [-0.4, -0.2) is 4.98 Å². The Bertz CT molecular complexity index is 692. The first-order valence-corrected chi connectivity index (χ1v) is 6.20. The Morgan fingerprint density at radius 3 is 2.50 bits per heavy atom. The van der Waals surface area contributed by atoms with Gasteiger partial charge in [0.05, 0.1) is 0 Å². The lowest BCUT2D eigenvalue weighted by Crippen LogP contribution is -1.71. The summed E-state index contributed by atoms with van der Waals surface area (Å²) in [6.45, 7) is 0. The van der Waals surface area contributed by atoms with E-state index in [0.29, 0.717) is 0 Å². The summed E-state index contributed by atoms with van der Waals surface area (Å²) < 4.78 is 0. The van der Waals surface area contributed by atoms with Gasteiger partial charge in [-0.3, -0.25) is 0 Å². The lowest BCUT2D eigenvalue weighted by Gasteiger charge is -1.94. The molecule has 1 nitrogen and oxygen atoms in total. The molecule has 0 radical (unpaired) electrons. The van der Waals surface area contributed by atoms with Crippen LogP contribution in [0.4, 0.5) is 0 Å². The highest BCUT2D eigenvalue weighted by Gasteiger charge is 1.98. The van der Waals surface area contributed by atoms with Crippen LogP contribution in [0.5, 0.6) is 0 Å². The maximum Gasteiger partial charge on any atom is 0.0460 e. The van der Waals surface area contributed by atoms with E-state index in [1.54, 1.807) is 0 Å². The average molecular weight is 254 g/mol. The molecule has 0 amide bonds. The Hall–Kier alpha value is -1.99. The molecule has 0 aliphatic rings. The Kier molecular flexibility index (Phi) is 2.91. The van der Waals surface area contributed by atoms with Gasteiger partial charge in [-0.25, -0.2) is 0 Å². The van der Waals surface area contributed by atoms with Gasteiger partial charge in [-0.1, -0.05) is 54.1 Å². The van der Waals surface area contributed by atoms with E-state index >= 15 is 0 Å². The Morgan fingerprint density at radius 1 is 0.889 bits per heavy atom. The van der Waals surface area contributed by atoms with Gasteiger partial charge in [0.2, 0.25) is 0 Å². The monoisotopic (exact) mass is 253 g/mol. The van der Waals surface area contributed by atoms with Crippen LogP contribution in [0.1, 0.15) is 11.1 Å². The molecule has 2 aromatic carbocycles. The standard InChI is InChI=1S/C16H12ClN/c17-14-9-6-12(7-10-14)5-8-13-11-18-16-4-2-1-3-15(13)16/h1-11,18H/b8-5+. The number of H-pyrrole nitrogens is 1. The predicted molar refractivity (Wildman–Crippen MR) is 78.7 cm³/mol. The molecule has 0 spiro atoms. The van der Waals surface area contributed by atoms with Crippen LogP contribution in [-0.2, 0) is 0 Å². The molecule has 0 aliphatic carbocycles. The normalized spacial score (nSPS) is 11.4. The third kappa shape index (κ3) is 2.18. The van der Waals surface area contributed by atoms with E-state index in [-0.39, 0.29) is 0 Å². The molecule has 88 valence electrons. The summed E-state index contributed by atoms with van der Waals surface area (Å²) in [6.07, 6.45) is 6.23. The molecule has 0 bridgehead atoms. The molecule has 0 fully saturated rings. The number of nitrogens with one attached hydrogen (secondary N) is 1. The van der Waals surface area contributed by atoms with E-state index < -0.39 is 0 Å². The number of aromatic amines is 1. The minimum atomic E-state index is 0.763. The van der Waals surface area contributed by atoms with Crippen molar-refractivity contribution in [2.75, 3.05) is 0 Å². The molecule has 1 N–H and O–H groups in total. The first-order chi connectivity index (χ1) is 8.83. The van der Waals surface area contributed by atoms with Crippen molar-refractivity contribution in [1.82, 2.24) is 4.98 Å². The second kappa shape index (κ2) is 4.71. The molecular formula is C16H12ClN. The maximum absolute atomic E-state index is 5.86. The van der Waals surface area contributed by atoms with Crippen LogP contribution in [0.2, 0.25) is 5.02 Å². The number of hydrogen-bond donors (Lipinski definition) is 1. The highest BCUT2D eigenvalue weighted by Crippen LogP contribution is 2.20. The van der Waals surface area contributed by atoms with Crippen molar-refractivity contribution >= 4 is 34.7 Å². The molecular weight excluding hydrogens is 242 g/mol. The van der Waals surface area contributed by atoms with Crippen LogP contribution in [0.3, 0.4) is 0 Å². The van der Waals surface area contributed by atoms with Crippen molar-refractivity contribution < 1.29 is 0 Å². The number of halogens is 1. The fraction of sp³-hybridized carbons (Fsp3) is 0. The summed E-state index contributed by atoms with van der Waals surface area (Å²) in [4.78, 5) is 3.26. The van der Waals surface area contributed by atoms with Crippen molar-refractivity contribution in [3.05, 3.63) is 70.9 Å². The van der Waals surface area contributed by atoms with Gasteiger partial charge in [0.15, 0.2) is 0 Å². The number of hydrogen-bond acceptors (Lipinski definition) is 0. The molecule has 2 heteroatoms. The smallest absolute Gasteiger partial charge is 0.0460 e. The quantitative estimate of drug-likeness (QED) is 0.662.